The Morgan fingerprint density at radius 2 is 1.81 bits per heavy atom. The van der Waals surface area contributed by atoms with E-state index in [1.54, 1.807) is 41.3 Å². The number of carbonyl (C=O) groups is 2. The van der Waals surface area contributed by atoms with Crippen LogP contribution >= 0.6 is 12.2 Å². The number of halogens is 1. The molecule has 2 aromatic rings. The molecule has 0 aliphatic carbocycles. The van der Waals surface area contributed by atoms with Crippen LogP contribution in [0.4, 0.5) is 10.1 Å². The van der Waals surface area contributed by atoms with Gasteiger partial charge in [0.15, 0.2) is 5.11 Å². The third-order valence-corrected chi connectivity index (χ3v) is 5.72. The lowest BCUT2D eigenvalue weighted by Gasteiger charge is -2.23. The van der Waals surface area contributed by atoms with E-state index in [1.165, 1.54) is 17.0 Å². The first kappa shape index (κ1) is 23.7. The van der Waals surface area contributed by atoms with Gasteiger partial charge >= 0.3 is 0 Å². The molecule has 0 spiro atoms. The summed E-state index contributed by atoms with van der Waals surface area (Å²) in [5, 5.41) is 3.27. The van der Waals surface area contributed by atoms with Crippen LogP contribution in [-0.4, -0.2) is 52.5 Å². The van der Waals surface area contributed by atoms with Crippen molar-refractivity contribution in [3.8, 4) is 5.75 Å². The second kappa shape index (κ2) is 11.0. The van der Waals surface area contributed by atoms with Crippen molar-refractivity contribution in [3.63, 3.8) is 0 Å². The van der Waals surface area contributed by atoms with Gasteiger partial charge in [0.05, 0.1) is 13.0 Å². The van der Waals surface area contributed by atoms with Crippen molar-refractivity contribution < 1.29 is 18.7 Å². The number of amides is 2. The van der Waals surface area contributed by atoms with Crippen LogP contribution in [0.25, 0.3) is 0 Å². The van der Waals surface area contributed by atoms with E-state index in [0.717, 1.165) is 17.7 Å². The van der Waals surface area contributed by atoms with E-state index < -0.39 is 6.04 Å². The molecule has 1 aliphatic rings. The highest BCUT2D eigenvalue weighted by molar-refractivity contribution is 7.80. The zero-order chi connectivity index (χ0) is 23.1. The monoisotopic (exact) mass is 457 g/mol. The minimum atomic E-state index is -0.657. The van der Waals surface area contributed by atoms with E-state index in [1.807, 2.05) is 13.8 Å². The van der Waals surface area contributed by atoms with Crippen molar-refractivity contribution in [1.82, 2.24) is 9.80 Å². The van der Waals surface area contributed by atoms with Crippen LogP contribution in [0.2, 0.25) is 0 Å². The number of rotatable bonds is 10. The molecule has 32 heavy (non-hydrogen) atoms. The average molecular weight is 458 g/mol. The third-order valence-electron chi connectivity index (χ3n) is 5.26. The minimum absolute atomic E-state index is 0.00697. The molecule has 0 bridgehead atoms. The van der Waals surface area contributed by atoms with Crippen LogP contribution in [0.1, 0.15) is 32.3 Å². The number of nitrogens with one attached hydrogen (secondary N) is 1. The van der Waals surface area contributed by atoms with Gasteiger partial charge in [0.2, 0.25) is 5.91 Å². The van der Waals surface area contributed by atoms with Crippen LogP contribution < -0.4 is 10.1 Å². The second-order valence-corrected chi connectivity index (χ2v) is 7.94. The van der Waals surface area contributed by atoms with Crippen molar-refractivity contribution in [2.24, 2.45) is 0 Å². The Kier molecular flexibility index (Phi) is 8.16. The van der Waals surface area contributed by atoms with Crippen LogP contribution in [0.5, 0.6) is 5.75 Å². The fraction of sp³-hybridized carbons (Fsp3) is 0.375. The maximum absolute atomic E-state index is 13.2. The molecule has 2 aromatic carbocycles. The third kappa shape index (κ3) is 5.82. The maximum Gasteiger partial charge on any atom is 0.252 e. The number of anilines is 1. The van der Waals surface area contributed by atoms with Gasteiger partial charge in [-0.05, 0) is 73.9 Å². The molecular formula is C24H28FN3O3S. The first-order valence-electron chi connectivity index (χ1n) is 10.8. The lowest BCUT2D eigenvalue weighted by Crippen LogP contribution is -2.39. The van der Waals surface area contributed by atoms with Crippen LogP contribution in [-0.2, 0) is 16.0 Å². The van der Waals surface area contributed by atoms with Gasteiger partial charge in [0, 0.05) is 18.8 Å². The highest BCUT2D eigenvalue weighted by atomic mass is 32.1. The first-order chi connectivity index (χ1) is 15.4. The number of thiocarbonyl (C=S) groups is 1. The summed E-state index contributed by atoms with van der Waals surface area (Å²) in [6, 6.07) is 12.7. The molecule has 1 heterocycles. The van der Waals surface area contributed by atoms with Crippen molar-refractivity contribution >= 4 is 34.8 Å². The number of benzene rings is 2. The van der Waals surface area contributed by atoms with E-state index in [4.69, 9.17) is 17.0 Å². The molecule has 3 rings (SSSR count). The molecule has 170 valence electrons. The Bertz CT molecular complexity index is 950. The molecule has 0 saturated carbocycles. The zero-order valence-corrected chi connectivity index (χ0v) is 19.2. The van der Waals surface area contributed by atoms with Crippen molar-refractivity contribution in [2.75, 3.05) is 25.0 Å². The van der Waals surface area contributed by atoms with Gasteiger partial charge in [-0.2, -0.15) is 0 Å². The van der Waals surface area contributed by atoms with Gasteiger partial charge in [-0.15, -0.1) is 0 Å². The average Bonchev–Trinajstić information content (AvgIpc) is 3.01. The largest absolute Gasteiger partial charge is 0.494 e. The Balaban J connectivity index is 1.64. The Labute approximate surface area is 193 Å². The quantitative estimate of drug-likeness (QED) is 0.547. The molecule has 0 aromatic heterocycles. The summed E-state index contributed by atoms with van der Waals surface area (Å²) in [4.78, 5) is 28.9. The van der Waals surface area contributed by atoms with Gasteiger partial charge in [0.25, 0.3) is 5.91 Å². The fourth-order valence-corrected chi connectivity index (χ4v) is 4.02. The van der Waals surface area contributed by atoms with E-state index >= 15 is 0 Å². The summed E-state index contributed by atoms with van der Waals surface area (Å²) in [7, 11) is 0. The molecule has 1 unspecified atom stereocenters. The fourth-order valence-electron chi connectivity index (χ4n) is 3.58. The molecular weight excluding hydrogens is 429 g/mol. The summed E-state index contributed by atoms with van der Waals surface area (Å²) in [5.74, 6) is 0.0113. The van der Waals surface area contributed by atoms with Gasteiger partial charge in [-0.3, -0.25) is 14.5 Å². The molecule has 0 radical (unpaired) electrons. The molecule has 2 amide bonds. The normalized spacial score (nSPS) is 15.9. The van der Waals surface area contributed by atoms with Crippen LogP contribution in [0, 0.1) is 5.82 Å². The highest BCUT2D eigenvalue weighted by Gasteiger charge is 2.42. The summed E-state index contributed by atoms with van der Waals surface area (Å²) in [6.45, 7) is 5.44. The minimum Gasteiger partial charge on any atom is -0.494 e. The van der Waals surface area contributed by atoms with Gasteiger partial charge in [0.1, 0.15) is 17.6 Å². The molecule has 1 saturated heterocycles. The van der Waals surface area contributed by atoms with Gasteiger partial charge in [-0.25, -0.2) is 4.39 Å². The summed E-state index contributed by atoms with van der Waals surface area (Å²) < 4.78 is 18.7. The van der Waals surface area contributed by atoms with Crippen molar-refractivity contribution in [3.05, 3.63) is 59.9 Å². The molecule has 1 atom stereocenters. The molecule has 1 aliphatic heterocycles. The smallest absolute Gasteiger partial charge is 0.252 e. The van der Waals surface area contributed by atoms with E-state index in [0.29, 0.717) is 36.9 Å². The van der Waals surface area contributed by atoms with Crippen molar-refractivity contribution in [1.29, 1.82) is 0 Å². The van der Waals surface area contributed by atoms with E-state index in [9.17, 15) is 14.0 Å². The van der Waals surface area contributed by atoms with Gasteiger partial charge in [-0.1, -0.05) is 19.1 Å². The molecule has 8 heteroatoms. The predicted octanol–water partition coefficient (Wildman–Crippen LogP) is 4.00. The standard InChI is InChI=1S/C24H28FN3O3S/c1-3-15-31-20-11-9-19(10-12-20)26-22(29)16-21-23(30)27(4-2)24(32)28(21)14-13-17-5-7-18(25)8-6-17/h5-12,21H,3-4,13-16H2,1-2H3,(H,26,29). The molecule has 1 N–H and O–H groups in total. The number of hydrogen-bond acceptors (Lipinski definition) is 4. The highest BCUT2D eigenvalue weighted by Crippen LogP contribution is 2.23. The van der Waals surface area contributed by atoms with Crippen LogP contribution in [0.15, 0.2) is 48.5 Å². The lowest BCUT2D eigenvalue weighted by molar-refractivity contribution is -0.130. The van der Waals surface area contributed by atoms with E-state index in [-0.39, 0.29) is 24.1 Å². The second-order valence-electron chi connectivity index (χ2n) is 7.58. The number of nitrogens with zero attached hydrogens (tertiary/aromatic N) is 2. The Hall–Kier alpha value is -3.00. The van der Waals surface area contributed by atoms with Crippen LogP contribution in [0.3, 0.4) is 0 Å². The first-order valence-corrected chi connectivity index (χ1v) is 11.2. The topological polar surface area (TPSA) is 61.9 Å². The molecule has 1 fully saturated rings. The zero-order valence-electron chi connectivity index (χ0n) is 18.3. The maximum atomic E-state index is 13.2. The van der Waals surface area contributed by atoms with E-state index in [2.05, 4.69) is 5.32 Å². The summed E-state index contributed by atoms with van der Waals surface area (Å²) in [5.41, 5.74) is 1.57. The lowest BCUT2D eigenvalue weighted by atomic mass is 10.1. The predicted molar refractivity (Wildman–Crippen MR) is 126 cm³/mol. The Morgan fingerprint density at radius 3 is 2.44 bits per heavy atom. The molecule has 6 nitrogen and oxygen atoms in total. The summed E-state index contributed by atoms with van der Waals surface area (Å²) in [6.07, 6.45) is 1.50. The SMILES string of the molecule is CCCOc1ccc(NC(=O)CC2C(=O)N(CC)C(=S)N2CCc2ccc(F)cc2)cc1. The van der Waals surface area contributed by atoms with Gasteiger partial charge < -0.3 is 15.0 Å². The number of ether oxygens (including phenoxy) is 1. The number of carbonyl (C=O) groups excluding carboxylic acids is 2. The summed E-state index contributed by atoms with van der Waals surface area (Å²) >= 11 is 5.51. The Morgan fingerprint density at radius 1 is 1.12 bits per heavy atom. The number of likely N-dealkylation sites (N-methyl/N-ethyl adjacent to an activating group) is 1. The number of hydrogen-bond donors (Lipinski definition) is 1. The van der Waals surface area contributed by atoms with Crippen molar-refractivity contribution in [2.45, 2.75) is 39.2 Å².